The van der Waals surface area contributed by atoms with Gasteiger partial charge in [0.25, 0.3) is 0 Å². The molecule has 15 heavy (non-hydrogen) atoms. The lowest BCUT2D eigenvalue weighted by molar-refractivity contribution is 0.262. The van der Waals surface area contributed by atoms with Crippen molar-refractivity contribution in [2.75, 3.05) is 0 Å². The number of rotatable bonds is 4. The number of aliphatic hydroxyl groups excluding tert-OH is 1. The molecule has 0 atom stereocenters. The number of nitrogens with zero attached hydrogens (tertiary/aromatic N) is 1. The van der Waals surface area contributed by atoms with Crippen molar-refractivity contribution in [1.82, 2.24) is 4.98 Å². The lowest BCUT2D eigenvalue weighted by Crippen LogP contribution is -1.95. The van der Waals surface area contributed by atoms with Gasteiger partial charge in [-0.25, -0.2) is 0 Å². The number of hydrogen-bond acceptors (Lipinski definition) is 4. The van der Waals surface area contributed by atoms with E-state index < -0.39 is 0 Å². The van der Waals surface area contributed by atoms with Gasteiger partial charge in [-0.1, -0.05) is 0 Å². The maximum atomic E-state index is 8.88. The molecule has 0 aliphatic carbocycles. The SMILES string of the molecule is OCc1cc(OCc2ccco2)ccn1. The molecule has 2 heterocycles. The van der Waals surface area contributed by atoms with E-state index in [1.165, 1.54) is 0 Å². The van der Waals surface area contributed by atoms with Gasteiger partial charge in [0.05, 0.1) is 18.6 Å². The average molecular weight is 205 g/mol. The first-order valence-corrected chi connectivity index (χ1v) is 4.59. The van der Waals surface area contributed by atoms with Gasteiger partial charge in [-0.2, -0.15) is 0 Å². The number of aliphatic hydroxyl groups is 1. The monoisotopic (exact) mass is 205 g/mol. The van der Waals surface area contributed by atoms with E-state index in [-0.39, 0.29) is 6.61 Å². The third-order valence-corrected chi connectivity index (χ3v) is 1.91. The highest BCUT2D eigenvalue weighted by Gasteiger charge is 1.99. The molecule has 0 amide bonds. The zero-order valence-electron chi connectivity index (χ0n) is 8.09. The first-order chi connectivity index (χ1) is 7.38. The molecule has 0 aliphatic heterocycles. The van der Waals surface area contributed by atoms with Crippen LogP contribution in [0.3, 0.4) is 0 Å². The molecule has 4 heteroatoms. The normalized spacial score (nSPS) is 10.2. The Balaban J connectivity index is 1.98. The van der Waals surface area contributed by atoms with Gasteiger partial charge in [-0.15, -0.1) is 0 Å². The molecule has 78 valence electrons. The van der Waals surface area contributed by atoms with E-state index in [1.54, 1.807) is 24.6 Å². The van der Waals surface area contributed by atoms with E-state index in [2.05, 4.69) is 4.98 Å². The largest absolute Gasteiger partial charge is 0.486 e. The van der Waals surface area contributed by atoms with E-state index in [0.717, 1.165) is 5.76 Å². The van der Waals surface area contributed by atoms with Crippen LogP contribution in [0, 0.1) is 0 Å². The number of hydrogen-bond donors (Lipinski definition) is 1. The lowest BCUT2D eigenvalue weighted by Gasteiger charge is -2.04. The molecule has 0 saturated carbocycles. The van der Waals surface area contributed by atoms with E-state index in [9.17, 15) is 0 Å². The molecule has 2 aromatic rings. The average Bonchev–Trinajstić information content (AvgIpc) is 2.79. The summed E-state index contributed by atoms with van der Waals surface area (Å²) in [5, 5.41) is 8.88. The van der Waals surface area contributed by atoms with E-state index in [0.29, 0.717) is 18.1 Å². The van der Waals surface area contributed by atoms with Gasteiger partial charge < -0.3 is 14.3 Å². The molecule has 0 fully saturated rings. The molecule has 0 radical (unpaired) electrons. The highest BCUT2D eigenvalue weighted by Crippen LogP contribution is 2.13. The summed E-state index contributed by atoms with van der Waals surface area (Å²) in [5.74, 6) is 1.43. The Morgan fingerprint density at radius 1 is 1.40 bits per heavy atom. The Kier molecular flexibility index (Phi) is 2.99. The third-order valence-electron chi connectivity index (χ3n) is 1.91. The van der Waals surface area contributed by atoms with Gasteiger partial charge in [-0.3, -0.25) is 4.98 Å². The van der Waals surface area contributed by atoms with Crippen molar-refractivity contribution >= 4 is 0 Å². The molecular weight excluding hydrogens is 194 g/mol. The fourth-order valence-electron chi connectivity index (χ4n) is 1.18. The fourth-order valence-corrected chi connectivity index (χ4v) is 1.18. The summed E-state index contributed by atoms with van der Waals surface area (Å²) >= 11 is 0. The molecule has 0 aliphatic rings. The van der Waals surface area contributed by atoms with Crippen LogP contribution >= 0.6 is 0 Å². The van der Waals surface area contributed by atoms with Crippen LogP contribution in [0.15, 0.2) is 41.1 Å². The molecular formula is C11H11NO3. The highest BCUT2D eigenvalue weighted by atomic mass is 16.5. The van der Waals surface area contributed by atoms with Crippen LogP contribution in [0.5, 0.6) is 5.75 Å². The van der Waals surface area contributed by atoms with Crippen molar-refractivity contribution in [3.63, 3.8) is 0 Å². The quantitative estimate of drug-likeness (QED) is 0.826. The maximum Gasteiger partial charge on any atom is 0.146 e. The molecule has 2 aromatic heterocycles. The number of ether oxygens (including phenoxy) is 1. The standard InChI is InChI=1S/C11H11NO3/c13-7-9-6-10(3-4-12-9)15-8-11-2-1-5-14-11/h1-6,13H,7-8H2. The molecule has 0 spiro atoms. The van der Waals surface area contributed by atoms with Gasteiger partial charge >= 0.3 is 0 Å². The second-order valence-electron chi connectivity index (χ2n) is 3.01. The van der Waals surface area contributed by atoms with Crippen molar-refractivity contribution in [3.8, 4) is 5.75 Å². The fraction of sp³-hybridized carbons (Fsp3) is 0.182. The van der Waals surface area contributed by atoms with E-state index >= 15 is 0 Å². The van der Waals surface area contributed by atoms with Crippen molar-refractivity contribution in [2.24, 2.45) is 0 Å². The summed E-state index contributed by atoms with van der Waals surface area (Å²) in [6.45, 7) is 0.292. The molecule has 0 bridgehead atoms. The maximum absolute atomic E-state index is 8.88. The van der Waals surface area contributed by atoms with E-state index in [1.807, 2.05) is 12.1 Å². The first kappa shape index (κ1) is 9.73. The van der Waals surface area contributed by atoms with Crippen LogP contribution in [-0.2, 0) is 13.2 Å². The van der Waals surface area contributed by atoms with Gasteiger partial charge in [0.15, 0.2) is 0 Å². The first-order valence-electron chi connectivity index (χ1n) is 4.59. The summed E-state index contributed by atoms with van der Waals surface area (Å²) in [7, 11) is 0. The molecule has 0 aromatic carbocycles. The predicted octanol–water partition coefficient (Wildman–Crippen LogP) is 1.75. The lowest BCUT2D eigenvalue weighted by atomic mass is 10.3. The summed E-state index contributed by atoms with van der Waals surface area (Å²) in [6, 6.07) is 7.09. The highest BCUT2D eigenvalue weighted by molar-refractivity contribution is 5.22. The smallest absolute Gasteiger partial charge is 0.146 e. The molecule has 2 rings (SSSR count). The second-order valence-corrected chi connectivity index (χ2v) is 3.01. The number of aromatic nitrogens is 1. The summed E-state index contributed by atoms with van der Waals surface area (Å²) in [4.78, 5) is 3.95. The minimum atomic E-state index is -0.0854. The molecule has 4 nitrogen and oxygen atoms in total. The second kappa shape index (κ2) is 4.61. The predicted molar refractivity (Wildman–Crippen MR) is 53.2 cm³/mol. The minimum Gasteiger partial charge on any atom is -0.486 e. The van der Waals surface area contributed by atoms with Gasteiger partial charge in [0.2, 0.25) is 0 Å². The van der Waals surface area contributed by atoms with Gasteiger partial charge in [0.1, 0.15) is 18.1 Å². The molecule has 0 saturated heterocycles. The zero-order chi connectivity index (χ0) is 10.5. The number of pyridine rings is 1. The summed E-state index contributed by atoms with van der Waals surface area (Å²) in [6.07, 6.45) is 3.20. The molecule has 1 N–H and O–H groups in total. The Morgan fingerprint density at radius 3 is 3.07 bits per heavy atom. The van der Waals surface area contributed by atoms with Crippen LogP contribution in [0.4, 0.5) is 0 Å². The van der Waals surface area contributed by atoms with Gasteiger partial charge in [0, 0.05) is 12.3 Å². The van der Waals surface area contributed by atoms with Crippen molar-refractivity contribution in [1.29, 1.82) is 0 Å². The molecule has 0 unspecified atom stereocenters. The van der Waals surface area contributed by atoms with Crippen molar-refractivity contribution < 1.29 is 14.3 Å². The minimum absolute atomic E-state index is 0.0854. The van der Waals surface area contributed by atoms with Crippen LogP contribution < -0.4 is 4.74 Å². The Hall–Kier alpha value is -1.81. The van der Waals surface area contributed by atoms with Crippen LogP contribution in [-0.4, -0.2) is 10.1 Å². The summed E-state index contributed by atoms with van der Waals surface area (Å²) in [5.41, 5.74) is 0.590. The van der Waals surface area contributed by atoms with Gasteiger partial charge in [-0.05, 0) is 18.2 Å². The number of furan rings is 1. The van der Waals surface area contributed by atoms with E-state index in [4.69, 9.17) is 14.3 Å². The van der Waals surface area contributed by atoms with Crippen LogP contribution in [0.1, 0.15) is 11.5 Å². The zero-order valence-corrected chi connectivity index (χ0v) is 8.09. The summed E-state index contributed by atoms with van der Waals surface area (Å²) < 4.78 is 10.6. The van der Waals surface area contributed by atoms with Crippen LogP contribution in [0.25, 0.3) is 0 Å². The van der Waals surface area contributed by atoms with Crippen LogP contribution in [0.2, 0.25) is 0 Å². The third kappa shape index (κ3) is 2.57. The topological polar surface area (TPSA) is 55.5 Å². The van der Waals surface area contributed by atoms with Crippen molar-refractivity contribution in [2.45, 2.75) is 13.2 Å². The Labute approximate surface area is 87.1 Å². The Bertz CT molecular complexity index is 412. The Morgan fingerprint density at radius 2 is 2.33 bits per heavy atom. The van der Waals surface area contributed by atoms with Crippen molar-refractivity contribution in [3.05, 3.63) is 48.2 Å².